The number of H-pyrrole nitrogens is 1. The van der Waals surface area contributed by atoms with E-state index in [1.807, 2.05) is 38.1 Å². The first-order chi connectivity index (χ1) is 17.2. The molecule has 0 spiro atoms. The van der Waals surface area contributed by atoms with Crippen molar-refractivity contribution in [3.8, 4) is 0 Å². The average Bonchev–Trinajstić information content (AvgIpc) is 3.38. The molecule has 5 rings (SSSR count). The minimum absolute atomic E-state index is 0.0500. The van der Waals surface area contributed by atoms with Crippen LogP contribution in [0.3, 0.4) is 0 Å². The van der Waals surface area contributed by atoms with Gasteiger partial charge < -0.3 is 15.0 Å². The Morgan fingerprint density at radius 3 is 2.47 bits per heavy atom. The summed E-state index contributed by atoms with van der Waals surface area (Å²) in [5.74, 6) is -2.32. The van der Waals surface area contributed by atoms with Gasteiger partial charge in [-0.2, -0.15) is 0 Å². The van der Waals surface area contributed by atoms with Crippen LogP contribution in [0, 0.1) is 12.7 Å². The Kier molecular flexibility index (Phi) is 5.88. The SMILES string of the molecule is Cc1cc(/C(O)=C2\C(=O)C(=O)N(c3nc4ccc(F)cc4[nH]3)C2c2ccc(N(C)C)cc2)ccc1Br. The molecule has 0 aliphatic carbocycles. The smallest absolute Gasteiger partial charge is 0.302 e. The number of hydrogen-bond acceptors (Lipinski definition) is 5. The number of nitrogens with zero attached hydrogens (tertiary/aromatic N) is 3. The molecule has 1 aliphatic rings. The van der Waals surface area contributed by atoms with E-state index in [1.165, 1.54) is 23.1 Å². The van der Waals surface area contributed by atoms with Crippen LogP contribution in [0.4, 0.5) is 16.0 Å². The number of aryl methyl sites for hydroxylation is 1. The van der Waals surface area contributed by atoms with E-state index in [0.717, 1.165) is 15.7 Å². The van der Waals surface area contributed by atoms with Crippen molar-refractivity contribution < 1.29 is 19.1 Å². The lowest BCUT2D eigenvalue weighted by atomic mass is 9.94. The summed E-state index contributed by atoms with van der Waals surface area (Å²) in [7, 11) is 3.81. The molecule has 9 heteroatoms. The Morgan fingerprint density at radius 1 is 1.08 bits per heavy atom. The molecule has 3 aromatic carbocycles. The maximum Gasteiger partial charge on any atom is 0.302 e. The van der Waals surface area contributed by atoms with Crippen molar-refractivity contribution in [1.29, 1.82) is 0 Å². The predicted molar refractivity (Wildman–Crippen MR) is 140 cm³/mol. The molecule has 1 fully saturated rings. The minimum atomic E-state index is -0.949. The number of ketones is 1. The highest BCUT2D eigenvalue weighted by Gasteiger charge is 2.48. The van der Waals surface area contributed by atoms with E-state index in [4.69, 9.17) is 0 Å². The Labute approximate surface area is 215 Å². The van der Waals surface area contributed by atoms with Gasteiger partial charge in [0, 0.05) is 29.8 Å². The Morgan fingerprint density at radius 2 is 1.81 bits per heavy atom. The first-order valence-corrected chi connectivity index (χ1v) is 11.9. The zero-order valence-corrected chi connectivity index (χ0v) is 21.3. The van der Waals surface area contributed by atoms with E-state index >= 15 is 0 Å². The number of benzene rings is 3. The summed E-state index contributed by atoms with van der Waals surface area (Å²) in [5, 5.41) is 11.3. The van der Waals surface area contributed by atoms with E-state index in [9.17, 15) is 19.1 Å². The second-order valence-electron chi connectivity index (χ2n) is 8.84. The van der Waals surface area contributed by atoms with E-state index in [1.54, 1.807) is 30.3 Å². The molecule has 1 amide bonds. The van der Waals surface area contributed by atoms with Gasteiger partial charge in [0.05, 0.1) is 22.6 Å². The van der Waals surface area contributed by atoms with Crippen LogP contribution in [0.2, 0.25) is 0 Å². The van der Waals surface area contributed by atoms with Crippen molar-refractivity contribution in [3.05, 3.63) is 93.2 Å². The molecule has 1 unspecified atom stereocenters. The third-order valence-corrected chi connectivity index (χ3v) is 7.15. The maximum atomic E-state index is 13.8. The standard InChI is InChI=1S/C27H22BrFN4O3/c1-14-12-16(6-10-19(14)28)24(34)22-23(15-4-8-18(9-5-15)32(2)3)33(26(36)25(22)35)27-30-20-11-7-17(29)13-21(20)31-27/h4-13,23,34H,1-3H3,(H,30,31)/b24-22+. The molecule has 36 heavy (non-hydrogen) atoms. The third-order valence-electron chi connectivity index (χ3n) is 6.26. The van der Waals surface area contributed by atoms with Crippen LogP contribution in [0.25, 0.3) is 16.8 Å². The van der Waals surface area contributed by atoms with Gasteiger partial charge in [-0.15, -0.1) is 0 Å². The summed E-state index contributed by atoms with van der Waals surface area (Å²) in [6.45, 7) is 1.87. The quantitative estimate of drug-likeness (QED) is 0.200. The number of carbonyl (C=O) groups is 2. The number of halogens is 2. The third kappa shape index (κ3) is 3.95. The van der Waals surface area contributed by atoms with Gasteiger partial charge in [0.15, 0.2) is 0 Å². The monoisotopic (exact) mass is 548 g/mol. The lowest BCUT2D eigenvalue weighted by Crippen LogP contribution is -2.30. The summed E-state index contributed by atoms with van der Waals surface area (Å²) in [4.78, 5) is 37.3. The molecule has 4 aromatic rings. The summed E-state index contributed by atoms with van der Waals surface area (Å²) < 4.78 is 14.6. The lowest BCUT2D eigenvalue weighted by molar-refractivity contribution is -0.132. The normalized spacial score (nSPS) is 17.2. The van der Waals surface area contributed by atoms with E-state index in [-0.39, 0.29) is 17.3 Å². The van der Waals surface area contributed by atoms with Crippen LogP contribution < -0.4 is 9.80 Å². The number of anilines is 2. The molecule has 1 saturated heterocycles. The van der Waals surface area contributed by atoms with Gasteiger partial charge in [-0.05, 0) is 60.5 Å². The van der Waals surface area contributed by atoms with Crippen LogP contribution in [0.5, 0.6) is 0 Å². The van der Waals surface area contributed by atoms with E-state index < -0.39 is 23.5 Å². The average molecular weight is 549 g/mol. The van der Waals surface area contributed by atoms with Crippen molar-refractivity contribution in [2.75, 3.05) is 23.9 Å². The number of Topliss-reactive ketones (excluding diaryl/α,β-unsaturated/α-hetero) is 1. The highest BCUT2D eigenvalue weighted by atomic mass is 79.9. The molecular weight excluding hydrogens is 527 g/mol. The van der Waals surface area contributed by atoms with Gasteiger partial charge in [-0.3, -0.25) is 14.5 Å². The predicted octanol–water partition coefficient (Wildman–Crippen LogP) is 5.47. The van der Waals surface area contributed by atoms with E-state index in [0.29, 0.717) is 22.2 Å². The fourth-order valence-corrected chi connectivity index (χ4v) is 4.60. The summed E-state index contributed by atoms with van der Waals surface area (Å²) in [6, 6.07) is 15.6. The first-order valence-electron chi connectivity index (χ1n) is 11.2. The molecule has 7 nitrogen and oxygen atoms in total. The highest BCUT2D eigenvalue weighted by Crippen LogP contribution is 2.42. The summed E-state index contributed by atoms with van der Waals surface area (Å²) >= 11 is 3.44. The van der Waals surface area contributed by atoms with Gasteiger partial charge in [-0.25, -0.2) is 9.37 Å². The minimum Gasteiger partial charge on any atom is -0.507 e. The second-order valence-corrected chi connectivity index (χ2v) is 9.70. The largest absolute Gasteiger partial charge is 0.507 e. The Balaban J connectivity index is 1.72. The fraction of sp³-hybridized carbons (Fsp3) is 0.148. The number of aliphatic hydroxyl groups excluding tert-OH is 1. The van der Waals surface area contributed by atoms with Gasteiger partial charge in [-0.1, -0.05) is 34.1 Å². The van der Waals surface area contributed by atoms with Crippen LogP contribution in [-0.4, -0.2) is 40.9 Å². The molecule has 1 aromatic heterocycles. The van der Waals surface area contributed by atoms with Crippen LogP contribution in [0.15, 0.2) is 70.7 Å². The number of nitrogens with one attached hydrogen (secondary N) is 1. The van der Waals surface area contributed by atoms with Gasteiger partial charge >= 0.3 is 5.91 Å². The molecule has 1 atom stereocenters. The van der Waals surface area contributed by atoms with Gasteiger partial charge in [0.1, 0.15) is 11.6 Å². The summed E-state index contributed by atoms with van der Waals surface area (Å²) in [6.07, 6.45) is 0. The van der Waals surface area contributed by atoms with Crippen LogP contribution in [-0.2, 0) is 9.59 Å². The molecule has 2 heterocycles. The first kappa shape index (κ1) is 23.7. The van der Waals surface area contributed by atoms with E-state index in [2.05, 4.69) is 25.9 Å². The van der Waals surface area contributed by atoms with Gasteiger partial charge in [0.25, 0.3) is 5.78 Å². The molecule has 2 N–H and O–H groups in total. The summed E-state index contributed by atoms with van der Waals surface area (Å²) in [5.41, 5.74) is 3.59. The topological polar surface area (TPSA) is 89.5 Å². The molecule has 0 radical (unpaired) electrons. The lowest BCUT2D eigenvalue weighted by Gasteiger charge is -2.24. The number of aliphatic hydroxyl groups is 1. The maximum absolute atomic E-state index is 13.8. The number of aromatic nitrogens is 2. The van der Waals surface area contributed by atoms with Crippen LogP contribution in [0.1, 0.15) is 22.7 Å². The Hall–Kier alpha value is -3.98. The van der Waals surface area contributed by atoms with Gasteiger partial charge in [0.2, 0.25) is 5.95 Å². The Bertz CT molecular complexity index is 1560. The van der Waals surface area contributed by atoms with Crippen molar-refractivity contribution in [2.24, 2.45) is 0 Å². The highest BCUT2D eigenvalue weighted by molar-refractivity contribution is 9.10. The number of imidazole rings is 1. The van der Waals surface area contributed by atoms with Crippen molar-refractivity contribution in [3.63, 3.8) is 0 Å². The van der Waals surface area contributed by atoms with Crippen molar-refractivity contribution in [2.45, 2.75) is 13.0 Å². The van der Waals surface area contributed by atoms with Crippen LogP contribution >= 0.6 is 15.9 Å². The van der Waals surface area contributed by atoms with Crippen molar-refractivity contribution >= 4 is 56.0 Å². The number of amides is 1. The number of aromatic amines is 1. The molecule has 182 valence electrons. The molecular formula is C27H22BrFN4O3. The number of carbonyl (C=O) groups excluding carboxylic acids is 2. The number of fused-ring (bicyclic) bond motifs is 1. The second kappa shape index (κ2) is 8.91. The molecule has 0 bridgehead atoms. The molecule has 1 aliphatic heterocycles. The molecule has 0 saturated carbocycles. The number of hydrogen-bond donors (Lipinski definition) is 2. The zero-order chi connectivity index (χ0) is 25.7. The fourth-order valence-electron chi connectivity index (χ4n) is 4.35. The van der Waals surface area contributed by atoms with Crippen molar-refractivity contribution in [1.82, 2.24) is 9.97 Å². The number of rotatable bonds is 4. The zero-order valence-electron chi connectivity index (χ0n) is 19.7.